The molecule has 0 aliphatic heterocycles. The molecule has 0 saturated carbocycles. The van der Waals surface area contributed by atoms with Gasteiger partial charge in [-0.2, -0.15) is 9.59 Å². The summed E-state index contributed by atoms with van der Waals surface area (Å²) in [5.74, 6) is -7.82. The Morgan fingerprint density at radius 1 is 0.622 bits per heavy atom. The molecule has 0 aliphatic carbocycles. The van der Waals surface area contributed by atoms with Crippen LogP contribution in [0.2, 0.25) is 0 Å². The number of ketones is 1. The van der Waals surface area contributed by atoms with Crippen LogP contribution in [0.1, 0.15) is 55.5 Å². The first-order valence-corrected chi connectivity index (χ1v) is 12.5. The predicted molar refractivity (Wildman–Crippen MR) is 155 cm³/mol. The van der Waals surface area contributed by atoms with Crippen LogP contribution in [0.5, 0.6) is 0 Å². The number of carboxylic acid groups (broad SMARTS) is 5. The third-order valence-electron chi connectivity index (χ3n) is 5.09. The lowest BCUT2D eigenvalue weighted by Gasteiger charge is -2.13. The fraction of sp³-hybridized carbons (Fsp3) is 0.194. The number of rotatable bonds is 8. The van der Waals surface area contributed by atoms with E-state index < -0.39 is 54.1 Å². The van der Waals surface area contributed by atoms with Crippen molar-refractivity contribution in [2.75, 3.05) is 0 Å². The fourth-order valence-corrected chi connectivity index (χ4v) is 2.86. The number of aliphatic carboxylic acids is 2. The Hall–Kier alpha value is -5.98. The van der Waals surface area contributed by atoms with E-state index in [4.69, 9.17) is 40.2 Å². The van der Waals surface area contributed by atoms with Gasteiger partial charge in [-0.1, -0.05) is 53.6 Å². The monoisotopic (exact) mass is 628 g/mol. The normalized spacial score (nSPS) is 10.3. The van der Waals surface area contributed by atoms with Gasteiger partial charge in [0.2, 0.25) is 0 Å². The van der Waals surface area contributed by atoms with Crippen molar-refractivity contribution in [3.63, 3.8) is 0 Å². The number of Topliss-reactive ketones (excluding diaryl/α,β-unsaturated/α-hetero) is 1. The molecule has 0 fully saturated rings. The molecule has 0 aromatic heterocycles. The lowest BCUT2D eigenvalue weighted by molar-refractivity contribution is -0.191. The van der Waals surface area contributed by atoms with Gasteiger partial charge in [-0.3, -0.25) is 14.4 Å². The Balaban J connectivity index is 0. The molecule has 3 aromatic rings. The number of carboxylic acids is 5. The molecule has 0 aliphatic rings. The molecule has 0 bridgehead atoms. The van der Waals surface area contributed by atoms with Crippen LogP contribution < -0.4 is 0 Å². The summed E-state index contributed by atoms with van der Waals surface area (Å²) < 4.78 is 0. The maximum atomic E-state index is 10.6. The van der Waals surface area contributed by atoms with Crippen LogP contribution in [0.25, 0.3) is 0 Å². The van der Waals surface area contributed by atoms with Crippen molar-refractivity contribution >= 4 is 41.8 Å². The number of hydrogen-bond donors (Lipinski definition) is 6. The number of aryl methyl sites for hydroxylation is 2. The van der Waals surface area contributed by atoms with Crippen molar-refractivity contribution in [3.8, 4) is 0 Å². The molecular formula is C31H32O14. The minimum atomic E-state index is -1.76. The molecule has 0 heterocycles. The van der Waals surface area contributed by atoms with E-state index >= 15 is 0 Å². The molecule has 2 atom stereocenters. The number of aromatic carboxylic acids is 3. The average molecular weight is 629 g/mol. The second kappa shape index (κ2) is 22.6. The highest BCUT2D eigenvalue weighted by Crippen LogP contribution is 2.10. The van der Waals surface area contributed by atoms with E-state index in [9.17, 15) is 28.8 Å². The SMILES string of the molecule is CC(=O)C(O)C(CC(=O)O)C(=O)O.Cc1ccc(C(=O)O)cc1.Cc1cccc(C(=O)O)c1.O=C(O)c1ccccc1.O=C=O. The highest BCUT2D eigenvalue weighted by atomic mass is 16.4. The van der Waals surface area contributed by atoms with Crippen LogP contribution >= 0.6 is 0 Å². The summed E-state index contributed by atoms with van der Waals surface area (Å²) in [5.41, 5.74) is 3.06. The summed E-state index contributed by atoms with van der Waals surface area (Å²) in [6.07, 6.45) is -2.27. The van der Waals surface area contributed by atoms with E-state index in [0.717, 1.165) is 18.1 Å². The van der Waals surface area contributed by atoms with E-state index in [1.807, 2.05) is 19.9 Å². The zero-order chi connectivity index (χ0) is 35.1. The molecule has 14 heteroatoms. The van der Waals surface area contributed by atoms with Gasteiger partial charge < -0.3 is 30.6 Å². The number of benzene rings is 3. The molecule has 2 unspecified atom stereocenters. The first kappa shape index (κ1) is 41.2. The Kier molecular flexibility index (Phi) is 20.7. The first-order chi connectivity index (χ1) is 21.0. The zero-order valence-corrected chi connectivity index (χ0v) is 24.3. The molecule has 3 aromatic carbocycles. The molecule has 0 saturated heterocycles. The Labute approximate surface area is 256 Å². The zero-order valence-electron chi connectivity index (χ0n) is 24.3. The van der Waals surface area contributed by atoms with Crippen molar-refractivity contribution in [1.29, 1.82) is 0 Å². The van der Waals surface area contributed by atoms with Crippen LogP contribution in [0, 0.1) is 19.8 Å². The molecule has 0 amide bonds. The van der Waals surface area contributed by atoms with Crippen LogP contribution in [0.3, 0.4) is 0 Å². The summed E-state index contributed by atoms with van der Waals surface area (Å²) in [5, 5.41) is 51.1. The molecule has 0 spiro atoms. The van der Waals surface area contributed by atoms with Gasteiger partial charge in [0.25, 0.3) is 0 Å². The maximum absolute atomic E-state index is 10.6. The van der Waals surface area contributed by atoms with Crippen molar-refractivity contribution < 1.29 is 69.0 Å². The van der Waals surface area contributed by atoms with Gasteiger partial charge in [-0.25, -0.2) is 14.4 Å². The smallest absolute Gasteiger partial charge is 0.373 e. The quantitative estimate of drug-likeness (QED) is 0.209. The Bertz CT molecular complexity index is 1440. The third kappa shape index (κ3) is 19.7. The van der Waals surface area contributed by atoms with Crippen LogP contribution in [-0.2, 0) is 24.0 Å². The van der Waals surface area contributed by atoms with Gasteiger partial charge in [0.1, 0.15) is 12.0 Å². The van der Waals surface area contributed by atoms with Crippen LogP contribution in [0.4, 0.5) is 0 Å². The topological polar surface area (TPSA) is 258 Å². The largest absolute Gasteiger partial charge is 0.481 e. The number of carbonyl (C=O) groups excluding carboxylic acids is 3. The number of carbonyl (C=O) groups is 6. The second-order valence-electron chi connectivity index (χ2n) is 8.70. The van der Waals surface area contributed by atoms with Gasteiger partial charge in [0.05, 0.1) is 23.1 Å². The van der Waals surface area contributed by atoms with Gasteiger partial charge in [-0.05, 0) is 57.2 Å². The lowest BCUT2D eigenvalue weighted by atomic mass is 9.96. The first-order valence-electron chi connectivity index (χ1n) is 12.5. The number of hydrogen-bond acceptors (Lipinski definition) is 9. The standard InChI is InChI=1S/2C8H8O2.C7H10O6.C7H6O2.CO2/c1-6-2-4-7(5-3-6)8(9)10;1-6-3-2-4-7(5-6)8(9)10;1-3(8)6(11)4(7(12)13)2-5(9)10;8-7(9)6-4-2-1-3-5-6;2-1-3/h2*2-5H,1H3,(H,9,10);4,6,11H,2H2,1H3,(H,9,10)(H,12,13);1-5H,(H,8,9);. The van der Waals surface area contributed by atoms with E-state index in [1.54, 1.807) is 72.8 Å². The summed E-state index contributed by atoms with van der Waals surface area (Å²) in [6, 6.07) is 21.9. The van der Waals surface area contributed by atoms with E-state index in [1.165, 1.54) is 0 Å². The third-order valence-corrected chi connectivity index (χ3v) is 5.09. The molecule has 14 nitrogen and oxygen atoms in total. The van der Waals surface area contributed by atoms with Crippen molar-refractivity contribution in [2.24, 2.45) is 5.92 Å². The van der Waals surface area contributed by atoms with E-state index in [2.05, 4.69) is 0 Å². The molecule has 3 rings (SSSR count). The highest BCUT2D eigenvalue weighted by molar-refractivity contribution is 5.89. The molecular weight excluding hydrogens is 596 g/mol. The minimum Gasteiger partial charge on any atom is -0.481 e. The highest BCUT2D eigenvalue weighted by Gasteiger charge is 2.31. The van der Waals surface area contributed by atoms with Crippen LogP contribution in [-0.4, -0.2) is 78.5 Å². The van der Waals surface area contributed by atoms with Gasteiger partial charge >= 0.3 is 36.0 Å². The molecule has 45 heavy (non-hydrogen) atoms. The van der Waals surface area contributed by atoms with Gasteiger partial charge in [-0.15, -0.1) is 0 Å². The van der Waals surface area contributed by atoms with Crippen molar-refractivity contribution in [2.45, 2.75) is 33.3 Å². The predicted octanol–water partition coefficient (Wildman–Crippen LogP) is 3.30. The van der Waals surface area contributed by atoms with Crippen LogP contribution in [0.15, 0.2) is 78.9 Å². The molecule has 240 valence electrons. The van der Waals surface area contributed by atoms with Crippen molar-refractivity contribution in [1.82, 2.24) is 0 Å². The number of aliphatic hydroxyl groups is 1. The lowest BCUT2D eigenvalue weighted by Crippen LogP contribution is -2.35. The van der Waals surface area contributed by atoms with Crippen molar-refractivity contribution in [3.05, 3.63) is 107 Å². The Morgan fingerprint density at radius 3 is 1.36 bits per heavy atom. The summed E-state index contributed by atoms with van der Waals surface area (Å²) in [7, 11) is 0. The summed E-state index contributed by atoms with van der Waals surface area (Å²) in [4.78, 5) is 78.2. The average Bonchev–Trinajstić information content (AvgIpc) is 2.97. The minimum absolute atomic E-state index is 0.250. The Morgan fingerprint density at radius 2 is 1.04 bits per heavy atom. The fourth-order valence-electron chi connectivity index (χ4n) is 2.86. The second-order valence-corrected chi connectivity index (χ2v) is 8.70. The maximum Gasteiger partial charge on any atom is 0.373 e. The number of aliphatic hydroxyl groups excluding tert-OH is 1. The van der Waals surface area contributed by atoms with Gasteiger partial charge in [0, 0.05) is 0 Å². The summed E-state index contributed by atoms with van der Waals surface area (Å²) in [6.45, 7) is 4.79. The summed E-state index contributed by atoms with van der Waals surface area (Å²) >= 11 is 0. The van der Waals surface area contributed by atoms with E-state index in [-0.39, 0.29) is 6.15 Å². The van der Waals surface area contributed by atoms with Gasteiger partial charge in [0.15, 0.2) is 5.78 Å². The van der Waals surface area contributed by atoms with E-state index in [0.29, 0.717) is 16.7 Å². The molecule has 6 N–H and O–H groups in total. The molecule has 0 radical (unpaired) electrons.